The average Bonchev–Trinajstić information content (AvgIpc) is 2.55. The van der Waals surface area contributed by atoms with Gasteiger partial charge in [-0.2, -0.15) is 0 Å². The minimum absolute atomic E-state index is 0.271. The lowest BCUT2D eigenvalue weighted by Gasteiger charge is -2.37. The molecule has 0 aliphatic carbocycles. The van der Waals surface area contributed by atoms with E-state index >= 15 is 0 Å². The molecule has 5 heteroatoms. The fourth-order valence-corrected chi connectivity index (χ4v) is 3.04. The quantitative estimate of drug-likeness (QED) is 0.944. The van der Waals surface area contributed by atoms with Crippen molar-refractivity contribution in [3.63, 3.8) is 0 Å². The van der Waals surface area contributed by atoms with Gasteiger partial charge in [-0.05, 0) is 37.6 Å². The van der Waals surface area contributed by atoms with Crippen LogP contribution in [0.4, 0.5) is 11.5 Å². The molecular formula is C18H21N3O2. The van der Waals surface area contributed by atoms with Crippen molar-refractivity contribution in [2.75, 3.05) is 36.0 Å². The highest BCUT2D eigenvalue weighted by Gasteiger charge is 2.20. The summed E-state index contributed by atoms with van der Waals surface area (Å²) < 4.78 is 0. The van der Waals surface area contributed by atoms with E-state index in [9.17, 15) is 4.79 Å². The van der Waals surface area contributed by atoms with Gasteiger partial charge in [-0.3, -0.25) is 0 Å². The lowest BCUT2D eigenvalue weighted by molar-refractivity contribution is 0.0695. The van der Waals surface area contributed by atoms with E-state index in [4.69, 9.17) is 5.11 Å². The summed E-state index contributed by atoms with van der Waals surface area (Å²) in [5.74, 6) is -0.0668. The van der Waals surface area contributed by atoms with Crippen LogP contribution >= 0.6 is 0 Å². The summed E-state index contributed by atoms with van der Waals surface area (Å²) in [4.78, 5) is 20.1. The third-order valence-corrected chi connectivity index (χ3v) is 4.36. The van der Waals surface area contributed by atoms with Gasteiger partial charge in [0.2, 0.25) is 0 Å². The molecule has 0 atom stereocenters. The zero-order valence-electron chi connectivity index (χ0n) is 13.5. The number of carboxylic acid groups (broad SMARTS) is 1. The Morgan fingerprint density at radius 1 is 1.00 bits per heavy atom. The van der Waals surface area contributed by atoms with E-state index in [2.05, 4.69) is 46.0 Å². The second kappa shape index (κ2) is 6.28. The number of piperazine rings is 1. The molecule has 0 radical (unpaired) electrons. The van der Waals surface area contributed by atoms with Gasteiger partial charge in [0.1, 0.15) is 5.82 Å². The maximum atomic E-state index is 11.1. The van der Waals surface area contributed by atoms with Crippen LogP contribution in [0.15, 0.2) is 36.4 Å². The van der Waals surface area contributed by atoms with E-state index in [1.54, 1.807) is 19.1 Å². The first kappa shape index (κ1) is 15.3. The van der Waals surface area contributed by atoms with E-state index in [1.165, 1.54) is 11.3 Å². The Balaban J connectivity index is 1.71. The van der Waals surface area contributed by atoms with Crippen molar-refractivity contribution in [2.24, 2.45) is 0 Å². The minimum Gasteiger partial charge on any atom is -0.478 e. The minimum atomic E-state index is -0.925. The Hall–Kier alpha value is -2.56. The van der Waals surface area contributed by atoms with Crippen LogP contribution in [-0.2, 0) is 0 Å². The van der Waals surface area contributed by atoms with Crippen molar-refractivity contribution in [1.29, 1.82) is 0 Å². The molecule has 0 bridgehead atoms. The lowest BCUT2D eigenvalue weighted by Crippen LogP contribution is -2.47. The molecule has 0 spiro atoms. The van der Waals surface area contributed by atoms with E-state index in [-0.39, 0.29) is 5.56 Å². The fraction of sp³-hybridized carbons (Fsp3) is 0.333. The van der Waals surface area contributed by atoms with Crippen molar-refractivity contribution < 1.29 is 9.90 Å². The number of benzene rings is 1. The molecule has 1 aromatic heterocycles. The molecule has 23 heavy (non-hydrogen) atoms. The van der Waals surface area contributed by atoms with Crippen molar-refractivity contribution >= 4 is 17.5 Å². The Morgan fingerprint density at radius 2 is 1.65 bits per heavy atom. The average molecular weight is 311 g/mol. The molecule has 1 fully saturated rings. The van der Waals surface area contributed by atoms with Crippen LogP contribution in [-0.4, -0.2) is 42.2 Å². The van der Waals surface area contributed by atoms with Crippen LogP contribution < -0.4 is 9.80 Å². The van der Waals surface area contributed by atoms with Gasteiger partial charge in [0.15, 0.2) is 0 Å². The summed E-state index contributed by atoms with van der Waals surface area (Å²) in [6, 6.07) is 11.9. The Bertz CT molecular complexity index is 722. The molecule has 120 valence electrons. The number of hydrogen-bond acceptors (Lipinski definition) is 4. The number of para-hydroxylation sites is 1. The maximum absolute atomic E-state index is 11.1. The molecule has 2 heterocycles. The van der Waals surface area contributed by atoms with Crippen LogP contribution in [0.25, 0.3) is 0 Å². The normalized spacial score (nSPS) is 14.9. The zero-order chi connectivity index (χ0) is 16.4. The number of anilines is 2. The second-order valence-corrected chi connectivity index (χ2v) is 5.87. The van der Waals surface area contributed by atoms with Crippen molar-refractivity contribution in [1.82, 2.24) is 4.98 Å². The van der Waals surface area contributed by atoms with Gasteiger partial charge in [0.05, 0.1) is 11.3 Å². The van der Waals surface area contributed by atoms with Crippen LogP contribution in [0.1, 0.15) is 21.6 Å². The summed E-state index contributed by atoms with van der Waals surface area (Å²) in [5.41, 5.74) is 3.42. The van der Waals surface area contributed by atoms with Crippen LogP contribution in [0.5, 0.6) is 0 Å². The first-order valence-corrected chi connectivity index (χ1v) is 7.83. The first-order valence-electron chi connectivity index (χ1n) is 7.83. The summed E-state index contributed by atoms with van der Waals surface area (Å²) in [7, 11) is 0. The summed E-state index contributed by atoms with van der Waals surface area (Å²) >= 11 is 0. The highest BCUT2D eigenvalue weighted by Crippen LogP contribution is 2.23. The van der Waals surface area contributed by atoms with Gasteiger partial charge in [-0.15, -0.1) is 0 Å². The molecule has 0 saturated carbocycles. The Labute approximate surface area is 136 Å². The van der Waals surface area contributed by atoms with E-state index < -0.39 is 5.97 Å². The van der Waals surface area contributed by atoms with Gasteiger partial charge in [-0.1, -0.05) is 18.2 Å². The molecule has 3 rings (SSSR count). The van der Waals surface area contributed by atoms with Crippen LogP contribution in [0.3, 0.4) is 0 Å². The summed E-state index contributed by atoms with van der Waals surface area (Å²) in [5, 5.41) is 9.09. The predicted molar refractivity (Wildman–Crippen MR) is 91.5 cm³/mol. The number of carbonyl (C=O) groups is 1. The third kappa shape index (κ3) is 3.13. The molecule has 0 amide bonds. The Kier molecular flexibility index (Phi) is 4.19. The van der Waals surface area contributed by atoms with Gasteiger partial charge in [0.25, 0.3) is 0 Å². The van der Waals surface area contributed by atoms with Crippen LogP contribution in [0.2, 0.25) is 0 Å². The summed E-state index contributed by atoms with van der Waals surface area (Å²) in [6.07, 6.45) is 0. The van der Waals surface area contributed by atoms with Crippen LogP contribution in [0, 0.1) is 13.8 Å². The van der Waals surface area contributed by atoms with Gasteiger partial charge in [0, 0.05) is 31.9 Å². The van der Waals surface area contributed by atoms with E-state index in [0.717, 1.165) is 32.0 Å². The topological polar surface area (TPSA) is 56.7 Å². The zero-order valence-corrected chi connectivity index (χ0v) is 13.5. The number of nitrogens with zero attached hydrogens (tertiary/aromatic N) is 3. The van der Waals surface area contributed by atoms with Crippen molar-refractivity contribution in [2.45, 2.75) is 13.8 Å². The maximum Gasteiger partial charge on any atom is 0.337 e. The molecule has 1 aliphatic heterocycles. The molecule has 2 aromatic rings. The van der Waals surface area contributed by atoms with Crippen molar-refractivity contribution in [3.05, 3.63) is 53.2 Å². The number of aryl methyl sites for hydroxylation is 2. The Morgan fingerprint density at radius 3 is 2.26 bits per heavy atom. The lowest BCUT2D eigenvalue weighted by atomic mass is 10.1. The third-order valence-electron chi connectivity index (χ3n) is 4.36. The number of aromatic nitrogens is 1. The molecule has 5 nitrogen and oxygen atoms in total. The number of carboxylic acids is 1. The molecule has 1 N–H and O–H groups in total. The second-order valence-electron chi connectivity index (χ2n) is 5.87. The molecule has 1 aromatic carbocycles. The largest absolute Gasteiger partial charge is 0.478 e. The number of rotatable bonds is 3. The smallest absolute Gasteiger partial charge is 0.337 e. The highest BCUT2D eigenvalue weighted by molar-refractivity contribution is 5.89. The van der Waals surface area contributed by atoms with Gasteiger partial charge >= 0.3 is 5.97 Å². The molecule has 1 saturated heterocycles. The standard InChI is InChI=1S/C18H21N3O2/c1-13-5-3-4-6-16(13)20-9-11-21(12-10-20)17-8-7-15(18(22)23)14(2)19-17/h3-8H,9-12H2,1-2H3,(H,22,23). The van der Waals surface area contributed by atoms with Gasteiger partial charge in [-0.25, -0.2) is 9.78 Å². The van der Waals surface area contributed by atoms with E-state index in [1.807, 2.05) is 0 Å². The molecule has 0 unspecified atom stereocenters. The number of aromatic carboxylic acids is 1. The molecular weight excluding hydrogens is 290 g/mol. The monoisotopic (exact) mass is 311 g/mol. The number of pyridine rings is 1. The van der Waals surface area contributed by atoms with Gasteiger partial charge < -0.3 is 14.9 Å². The first-order chi connectivity index (χ1) is 11.1. The summed E-state index contributed by atoms with van der Waals surface area (Å²) in [6.45, 7) is 7.52. The highest BCUT2D eigenvalue weighted by atomic mass is 16.4. The van der Waals surface area contributed by atoms with Crippen molar-refractivity contribution in [3.8, 4) is 0 Å². The van der Waals surface area contributed by atoms with E-state index in [0.29, 0.717) is 5.69 Å². The fourth-order valence-electron chi connectivity index (χ4n) is 3.04. The predicted octanol–water partition coefficient (Wildman–Crippen LogP) is 2.72. The SMILES string of the molecule is Cc1ccccc1N1CCN(c2ccc(C(=O)O)c(C)n2)CC1. The molecule has 1 aliphatic rings. The number of hydrogen-bond donors (Lipinski definition) is 1.